The summed E-state index contributed by atoms with van der Waals surface area (Å²) < 4.78 is 13.2. The molecule has 0 saturated carbocycles. The van der Waals surface area contributed by atoms with E-state index in [1.807, 2.05) is 32.0 Å². The SMILES string of the molecule is CCc1cccc2c(=O)cc(C(C)C)n(Cc3cc([N+](=O)[O-])cc4c3OCOC4)c12. The van der Waals surface area contributed by atoms with E-state index in [1.54, 1.807) is 12.1 Å². The molecule has 1 aliphatic rings. The molecule has 3 aromatic rings. The molecule has 30 heavy (non-hydrogen) atoms. The maximum Gasteiger partial charge on any atom is 0.270 e. The van der Waals surface area contributed by atoms with Gasteiger partial charge in [0.25, 0.3) is 5.69 Å². The fraction of sp³-hybridized carbons (Fsp3) is 0.348. The van der Waals surface area contributed by atoms with Gasteiger partial charge in [0.2, 0.25) is 0 Å². The number of rotatable bonds is 5. The van der Waals surface area contributed by atoms with Crippen LogP contribution < -0.4 is 10.2 Å². The molecule has 0 fully saturated rings. The maximum absolute atomic E-state index is 12.8. The average molecular weight is 408 g/mol. The standard InChI is InChI=1S/C23H24N2O5/c1-4-15-6-5-7-19-21(26)10-20(14(2)3)24(22(15)19)11-16-8-18(25(27)28)9-17-12-29-13-30-23(16)17/h5-10,14H,4,11-13H2,1-3H3. The summed E-state index contributed by atoms with van der Waals surface area (Å²) in [5.41, 5.74) is 4.20. The quantitative estimate of drug-likeness (QED) is 0.458. The molecule has 0 aliphatic carbocycles. The molecule has 1 aromatic heterocycles. The van der Waals surface area contributed by atoms with Crippen LogP contribution in [0.1, 0.15) is 49.1 Å². The minimum absolute atomic E-state index is 0.00464. The lowest BCUT2D eigenvalue weighted by Crippen LogP contribution is -2.19. The van der Waals surface area contributed by atoms with Crippen molar-refractivity contribution in [3.63, 3.8) is 0 Å². The van der Waals surface area contributed by atoms with Gasteiger partial charge >= 0.3 is 0 Å². The Morgan fingerprint density at radius 2 is 2.00 bits per heavy atom. The number of ether oxygens (including phenoxy) is 2. The number of nitro benzene ring substituents is 1. The van der Waals surface area contributed by atoms with Gasteiger partial charge in [-0.25, -0.2) is 0 Å². The van der Waals surface area contributed by atoms with Crippen LogP contribution >= 0.6 is 0 Å². The lowest BCUT2D eigenvalue weighted by Gasteiger charge is -2.24. The number of pyridine rings is 1. The summed E-state index contributed by atoms with van der Waals surface area (Å²) in [6.07, 6.45) is 0.774. The van der Waals surface area contributed by atoms with Crippen molar-refractivity contribution in [2.24, 2.45) is 0 Å². The Kier molecular flexibility index (Phi) is 5.30. The third kappa shape index (κ3) is 3.45. The van der Waals surface area contributed by atoms with Crippen molar-refractivity contribution in [3.8, 4) is 5.75 Å². The van der Waals surface area contributed by atoms with E-state index in [-0.39, 0.29) is 30.4 Å². The Bertz CT molecular complexity index is 1200. The Morgan fingerprint density at radius 1 is 1.20 bits per heavy atom. The summed E-state index contributed by atoms with van der Waals surface area (Å²) in [5, 5.41) is 12.2. The van der Waals surface area contributed by atoms with E-state index >= 15 is 0 Å². The van der Waals surface area contributed by atoms with Crippen LogP contribution in [0.2, 0.25) is 0 Å². The van der Waals surface area contributed by atoms with Gasteiger partial charge in [-0.15, -0.1) is 0 Å². The van der Waals surface area contributed by atoms with Crippen LogP contribution in [-0.4, -0.2) is 16.3 Å². The van der Waals surface area contributed by atoms with Gasteiger partial charge < -0.3 is 14.0 Å². The highest BCUT2D eigenvalue weighted by atomic mass is 16.7. The van der Waals surface area contributed by atoms with E-state index < -0.39 is 4.92 Å². The van der Waals surface area contributed by atoms with Gasteiger partial charge in [0.1, 0.15) is 5.75 Å². The first-order valence-corrected chi connectivity index (χ1v) is 10.1. The fourth-order valence-electron chi connectivity index (χ4n) is 4.14. The monoisotopic (exact) mass is 408 g/mol. The number of nitrogens with zero attached hydrogens (tertiary/aromatic N) is 2. The second-order valence-electron chi connectivity index (χ2n) is 7.80. The first-order valence-electron chi connectivity index (χ1n) is 10.1. The van der Waals surface area contributed by atoms with Gasteiger partial charge in [-0.2, -0.15) is 0 Å². The lowest BCUT2D eigenvalue weighted by molar-refractivity contribution is -0.385. The highest BCUT2D eigenvalue weighted by Gasteiger charge is 2.23. The number of non-ortho nitro benzene ring substituents is 1. The maximum atomic E-state index is 12.8. The van der Waals surface area contributed by atoms with Crippen molar-refractivity contribution in [1.82, 2.24) is 4.57 Å². The summed E-state index contributed by atoms with van der Waals surface area (Å²) >= 11 is 0. The zero-order valence-electron chi connectivity index (χ0n) is 17.3. The number of fused-ring (bicyclic) bond motifs is 2. The smallest absolute Gasteiger partial charge is 0.270 e. The van der Waals surface area contributed by atoms with Crippen molar-refractivity contribution in [1.29, 1.82) is 0 Å². The Labute approximate surface area is 174 Å². The fourth-order valence-corrected chi connectivity index (χ4v) is 4.14. The molecule has 0 radical (unpaired) electrons. The molecule has 156 valence electrons. The lowest BCUT2D eigenvalue weighted by atomic mass is 10.0. The molecule has 4 rings (SSSR count). The van der Waals surface area contributed by atoms with Crippen LogP contribution in [0.25, 0.3) is 10.9 Å². The van der Waals surface area contributed by atoms with Crippen LogP contribution in [0.4, 0.5) is 5.69 Å². The van der Waals surface area contributed by atoms with Gasteiger partial charge in [-0.1, -0.05) is 32.9 Å². The largest absolute Gasteiger partial charge is 0.467 e. The highest BCUT2D eigenvalue weighted by molar-refractivity contribution is 5.83. The second kappa shape index (κ2) is 7.91. The van der Waals surface area contributed by atoms with E-state index in [0.717, 1.165) is 23.2 Å². The molecule has 0 saturated heterocycles. The molecule has 7 nitrogen and oxygen atoms in total. The van der Waals surface area contributed by atoms with Gasteiger partial charge in [0, 0.05) is 40.4 Å². The topological polar surface area (TPSA) is 83.6 Å². The molecule has 0 N–H and O–H groups in total. The van der Waals surface area contributed by atoms with Gasteiger partial charge in [0.05, 0.1) is 23.6 Å². The second-order valence-corrected chi connectivity index (χ2v) is 7.80. The predicted octanol–water partition coefficient (Wildman–Crippen LogP) is 4.51. The molecule has 1 aliphatic heterocycles. The zero-order valence-corrected chi connectivity index (χ0v) is 17.3. The molecule has 2 heterocycles. The van der Waals surface area contributed by atoms with E-state index in [1.165, 1.54) is 6.07 Å². The molecule has 2 aromatic carbocycles. The molecular formula is C23H24N2O5. The van der Waals surface area contributed by atoms with Crippen LogP contribution in [0, 0.1) is 10.1 Å². The summed E-state index contributed by atoms with van der Waals surface area (Å²) in [6.45, 7) is 6.89. The van der Waals surface area contributed by atoms with Crippen molar-refractivity contribution >= 4 is 16.6 Å². The van der Waals surface area contributed by atoms with Crippen molar-refractivity contribution in [2.75, 3.05) is 6.79 Å². The molecular weight excluding hydrogens is 384 g/mol. The number of benzene rings is 2. The molecule has 0 amide bonds. The first-order chi connectivity index (χ1) is 14.4. The number of aromatic nitrogens is 1. The minimum atomic E-state index is -0.400. The molecule has 0 unspecified atom stereocenters. The summed E-state index contributed by atoms with van der Waals surface area (Å²) in [5.74, 6) is 0.730. The van der Waals surface area contributed by atoms with Crippen LogP contribution in [0.3, 0.4) is 0 Å². The predicted molar refractivity (Wildman–Crippen MR) is 114 cm³/mol. The van der Waals surface area contributed by atoms with Crippen molar-refractivity contribution in [2.45, 2.75) is 46.3 Å². The van der Waals surface area contributed by atoms with Crippen LogP contribution in [-0.2, 0) is 24.3 Å². The molecule has 0 spiro atoms. The third-order valence-electron chi connectivity index (χ3n) is 5.53. The van der Waals surface area contributed by atoms with E-state index in [2.05, 4.69) is 11.5 Å². The zero-order chi connectivity index (χ0) is 21.4. The van der Waals surface area contributed by atoms with Crippen LogP contribution in [0.15, 0.2) is 41.2 Å². The van der Waals surface area contributed by atoms with E-state index in [9.17, 15) is 14.9 Å². The molecule has 0 atom stereocenters. The summed E-state index contributed by atoms with van der Waals surface area (Å²) in [4.78, 5) is 23.9. The normalized spacial score (nSPS) is 13.3. The van der Waals surface area contributed by atoms with Crippen molar-refractivity contribution < 1.29 is 14.4 Å². The van der Waals surface area contributed by atoms with E-state index in [0.29, 0.717) is 28.8 Å². The molecule has 7 heteroatoms. The van der Waals surface area contributed by atoms with E-state index in [4.69, 9.17) is 9.47 Å². The van der Waals surface area contributed by atoms with Crippen molar-refractivity contribution in [3.05, 3.63) is 79.1 Å². The highest BCUT2D eigenvalue weighted by Crippen LogP contribution is 2.34. The van der Waals surface area contributed by atoms with Gasteiger partial charge in [0.15, 0.2) is 12.2 Å². The number of para-hydroxylation sites is 1. The Balaban J connectivity index is 2.00. The Morgan fingerprint density at radius 3 is 2.70 bits per heavy atom. The summed E-state index contributed by atoms with van der Waals surface area (Å²) in [6, 6.07) is 10.5. The number of aryl methyl sites for hydroxylation is 1. The van der Waals surface area contributed by atoms with Crippen LogP contribution in [0.5, 0.6) is 5.75 Å². The minimum Gasteiger partial charge on any atom is -0.467 e. The summed E-state index contributed by atoms with van der Waals surface area (Å²) in [7, 11) is 0. The number of nitro groups is 1. The molecule has 0 bridgehead atoms. The number of hydrogen-bond acceptors (Lipinski definition) is 5. The van der Waals surface area contributed by atoms with Gasteiger partial charge in [-0.3, -0.25) is 14.9 Å². The first kappa shape index (κ1) is 20.1. The third-order valence-corrected chi connectivity index (χ3v) is 5.53. The number of hydrogen-bond donors (Lipinski definition) is 0. The Hall–Kier alpha value is -3.19. The van der Waals surface area contributed by atoms with Gasteiger partial charge in [-0.05, 0) is 24.0 Å². The average Bonchev–Trinajstić information content (AvgIpc) is 2.74.